The van der Waals surface area contributed by atoms with Crippen molar-refractivity contribution in [3.05, 3.63) is 48.2 Å². The highest BCUT2D eigenvalue weighted by Crippen LogP contribution is 2.21. The first kappa shape index (κ1) is 12.4. The number of aromatic amines is 1. The molecule has 0 radical (unpaired) electrons. The lowest BCUT2D eigenvalue weighted by Crippen LogP contribution is -2.14. The molecule has 94 valence electrons. The van der Waals surface area contributed by atoms with E-state index in [1.54, 1.807) is 0 Å². The lowest BCUT2D eigenvalue weighted by molar-refractivity contribution is -0.141. The molecule has 1 unspecified atom stereocenters. The first-order chi connectivity index (χ1) is 8.70. The smallest absolute Gasteiger partial charge is 0.306 e. The first-order valence-electron chi connectivity index (χ1n) is 6.16. The van der Waals surface area contributed by atoms with Crippen LogP contribution in [0.1, 0.15) is 18.9 Å². The van der Waals surface area contributed by atoms with Gasteiger partial charge in [-0.2, -0.15) is 0 Å². The largest absolute Gasteiger partial charge is 0.481 e. The van der Waals surface area contributed by atoms with Crippen molar-refractivity contribution in [1.29, 1.82) is 0 Å². The number of nitrogens with one attached hydrogen (secondary N) is 1. The minimum absolute atomic E-state index is 0.301. The van der Waals surface area contributed by atoms with Crippen molar-refractivity contribution in [2.45, 2.75) is 19.8 Å². The predicted octanol–water partition coefficient (Wildman–Crippen LogP) is 3.34. The van der Waals surface area contributed by atoms with Crippen LogP contribution in [-0.2, 0) is 11.2 Å². The third kappa shape index (κ3) is 2.80. The Hall–Kier alpha value is -2.03. The average molecular weight is 243 g/mol. The number of carboxylic acids is 1. The summed E-state index contributed by atoms with van der Waals surface area (Å²) in [6, 6.07) is 12.0. The van der Waals surface area contributed by atoms with Gasteiger partial charge in [0.15, 0.2) is 0 Å². The van der Waals surface area contributed by atoms with Crippen LogP contribution in [0, 0.1) is 5.92 Å². The molecule has 2 aromatic rings. The minimum atomic E-state index is -0.722. The van der Waals surface area contributed by atoms with E-state index in [9.17, 15) is 4.79 Å². The second kappa shape index (κ2) is 5.54. The van der Waals surface area contributed by atoms with Crippen LogP contribution in [-0.4, -0.2) is 16.1 Å². The molecule has 2 rings (SSSR count). The van der Waals surface area contributed by atoms with E-state index in [1.807, 2.05) is 49.5 Å². The van der Waals surface area contributed by atoms with Crippen molar-refractivity contribution in [2.24, 2.45) is 5.92 Å². The summed E-state index contributed by atoms with van der Waals surface area (Å²) in [4.78, 5) is 14.2. The van der Waals surface area contributed by atoms with E-state index in [2.05, 4.69) is 4.98 Å². The van der Waals surface area contributed by atoms with E-state index in [4.69, 9.17) is 5.11 Å². The molecular weight excluding hydrogens is 226 g/mol. The molecular formula is C15H17NO2. The van der Waals surface area contributed by atoms with E-state index in [1.165, 1.54) is 0 Å². The highest BCUT2D eigenvalue weighted by Gasteiger charge is 2.16. The SMILES string of the molecule is CCC(Cc1c[nH]c(-c2ccccc2)c1)C(=O)O. The molecule has 0 aliphatic rings. The summed E-state index contributed by atoms with van der Waals surface area (Å²) in [7, 11) is 0. The summed E-state index contributed by atoms with van der Waals surface area (Å²) in [6.07, 6.45) is 3.13. The maximum atomic E-state index is 11.0. The summed E-state index contributed by atoms with van der Waals surface area (Å²) < 4.78 is 0. The molecule has 3 nitrogen and oxygen atoms in total. The van der Waals surface area contributed by atoms with Crippen LogP contribution < -0.4 is 0 Å². The van der Waals surface area contributed by atoms with Gasteiger partial charge in [-0.15, -0.1) is 0 Å². The summed E-state index contributed by atoms with van der Waals surface area (Å²) in [5, 5.41) is 9.05. The Labute approximate surface area is 106 Å². The lowest BCUT2D eigenvalue weighted by atomic mass is 9.98. The van der Waals surface area contributed by atoms with Crippen molar-refractivity contribution in [2.75, 3.05) is 0 Å². The second-order valence-corrected chi connectivity index (χ2v) is 4.44. The third-order valence-electron chi connectivity index (χ3n) is 3.15. The second-order valence-electron chi connectivity index (χ2n) is 4.44. The minimum Gasteiger partial charge on any atom is -0.481 e. The Morgan fingerprint density at radius 3 is 2.67 bits per heavy atom. The molecule has 1 aromatic heterocycles. The zero-order valence-electron chi connectivity index (χ0n) is 10.4. The summed E-state index contributed by atoms with van der Waals surface area (Å²) in [6.45, 7) is 1.91. The van der Waals surface area contributed by atoms with Gasteiger partial charge in [0, 0.05) is 11.9 Å². The van der Waals surface area contributed by atoms with Crippen LogP contribution in [0.25, 0.3) is 11.3 Å². The molecule has 1 atom stereocenters. The molecule has 0 fully saturated rings. The van der Waals surface area contributed by atoms with E-state index < -0.39 is 5.97 Å². The number of hydrogen-bond acceptors (Lipinski definition) is 1. The molecule has 0 aliphatic heterocycles. The van der Waals surface area contributed by atoms with Gasteiger partial charge in [0.05, 0.1) is 5.92 Å². The monoisotopic (exact) mass is 243 g/mol. The Morgan fingerprint density at radius 2 is 2.06 bits per heavy atom. The summed E-state index contributed by atoms with van der Waals surface area (Å²) >= 11 is 0. The van der Waals surface area contributed by atoms with Gasteiger partial charge in [0.1, 0.15) is 0 Å². The van der Waals surface area contributed by atoms with Crippen molar-refractivity contribution in [1.82, 2.24) is 4.98 Å². The van der Waals surface area contributed by atoms with Crippen LogP contribution in [0.3, 0.4) is 0 Å². The first-order valence-corrected chi connectivity index (χ1v) is 6.16. The van der Waals surface area contributed by atoms with Crippen molar-refractivity contribution >= 4 is 5.97 Å². The maximum absolute atomic E-state index is 11.0. The maximum Gasteiger partial charge on any atom is 0.306 e. The molecule has 2 N–H and O–H groups in total. The zero-order valence-corrected chi connectivity index (χ0v) is 10.4. The van der Waals surface area contributed by atoms with Gasteiger partial charge in [-0.25, -0.2) is 0 Å². The lowest BCUT2D eigenvalue weighted by Gasteiger charge is -2.07. The highest BCUT2D eigenvalue weighted by atomic mass is 16.4. The molecule has 0 saturated carbocycles. The molecule has 0 spiro atoms. The number of rotatable bonds is 5. The van der Waals surface area contributed by atoms with Crippen LogP contribution >= 0.6 is 0 Å². The topological polar surface area (TPSA) is 53.1 Å². The normalized spacial score (nSPS) is 12.3. The fourth-order valence-corrected chi connectivity index (χ4v) is 2.03. The standard InChI is InChI=1S/C15H17NO2/c1-2-12(15(17)18)8-11-9-14(16-10-11)13-6-4-3-5-7-13/h3-7,9-10,12,16H,2,8H2,1H3,(H,17,18). The average Bonchev–Trinajstić information content (AvgIpc) is 2.85. The van der Waals surface area contributed by atoms with Crippen LogP contribution in [0.2, 0.25) is 0 Å². The van der Waals surface area contributed by atoms with Crippen LogP contribution in [0.15, 0.2) is 42.6 Å². The molecule has 0 bridgehead atoms. The van der Waals surface area contributed by atoms with E-state index in [-0.39, 0.29) is 5.92 Å². The number of carbonyl (C=O) groups is 1. The Kier molecular flexibility index (Phi) is 3.82. The highest BCUT2D eigenvalue weighted by molar-refractivity contribution is 5.70. The van der Waals surface area contributed by atoms with E-state index in [0.717, 1.165) is 16.8 Å². The molecule has 1 heterocycles. The van der Waals surface area contributed by atoms with Gasteiger partial charge >= 0.3 is 5.97 Å². The molecule has 18 heavy (non-hydrogen) atoms. The van der Waals surface area contributed by atoms with Gasteiger partial charge in [-0.3, -0.25) is 4.79 Å². The summed E-state index contributed by atoms with van der Waals surface area (Å²) in [5.74, 6) is -1.02. The van der Waals surface area contributed by atoms with E-state index in [0.29, 0.717) is 12.8 Å². The Bertz CT molecular complexity index is 516. The summed E-state index contributed by atoms with van der Waals surface area (Å²) in [5.41, 5.74) is 3.20. The number of aliphatic carboxylic acids is 1. The van der Waals surface area contributed by atoms with Crippen molar-refractivity contribution < 1.29 is 9.90 Å². The van der Waals surface area contributed by atoms with Gasteiger partial charge in [-0.1, -0.05) is 37.3 Å². The fourth-order valence-electron chi connectivity index (χ4n) is 2.03. The van der Waals surface area contributed by atoms with Gasteiger partial charge in [0.2, 0.25) is 0 Å². The Balaban J connectivity index is 2.14. The molecule has 0 aliphatic carbocycles. The number of carboxylic acid groups (broad SMARTS) is 1. The van der Waals surface area contributed by atoms with Crippen LogP contribution in [0.4, 0.5) is 0 Å². The Morgan fingerprint density at radius 1 is 1.33 bits per heavy atom. The molecule has 0 saturated heterocycles. The van der Waals surface area contributed by atoms with E-state index >= 15 is 0 Å². The fraction of sp³-hybridized carbons (Fsp3) is 0.267. The quantitative estimate of drug-likeness (QED) is 0.846. The van der Waals surface area contributed by atoms with Gasteiger partial charge in [-0.05, 0) is 30.0 Å². The van der Waals surface area contributed by atoms with Gasteiger partial charge < -0.3 is 10.1 Å². The van der Waals surface area contributed by atoms with Gasteiger partial charge in [0.25, 0.3) is 0 Å². The zero-order chi connectivity index (χ0) is 13.0. The third-order valence-corrected chi connectivity index (χ3v) is 3.15. The van der Waals surface area contributed by atoms with Crippen molar-refractivity contribution in [3.8, 4) is 11.3 Å². The number of benzene rings is 1. The number of aromatic nitrogens is 1. The molecule has 1 aromatic carbocycles. The molecule has 0 amide bonds. The number of H-pyrrole nitrogens is 1. The number of hydrogen-bond donors (Lipinski definition) is 2. The van der Waals surface area contributed by atoms with Crippen LogP contribution in [0.5, 0.6) is 0 Å². The molecule has 3 heteroatoms. The predicted molar refractivity (Wildman–Crippen MR) is 71.3 cm³/mol. The van der Waals surface area contributed by atoms with Crippen molar-refractivity contribution in [3.63, 3.8) is 0 Å².